The molecule has 0 saturated carbocycles. The summed E-state index contributed by atoms with van der Waals surface area (Å²) in [6.45, 7) is -4.90. The first-order valence-corrected chi connectivity index (χ1v) is 10.8. The highest BCUT2D eigenvalue weighted by atomic mass is 19.4. The molecule has 3 aromatic rings. The number of aliphatic hydroxyl groups excluding tert-OH is 1. The van der Waals surface area contributed by atoms with Crippen molar-refractivity contribution < 1.29 is 58.5 Å². The van der Waals surface area contributed by atoms with Crippen molar-refractivity contribution in [1.82, 2.24) is 4.98 Å². The molecular weight excluding hydrogens is 554 g/mol. The molecule has 0 fully saturated rings. The quantitative estimate of drug-likeness (QED) is 0.264. The van der Waals surface area contributed by atoms with E-state index in [1.165, 1.54) is 30.3 Å². The number of anilines is 1. The highest BCUT2D eigenvalue weighted by Gasteiger charge is 2.58. The van der Waals surface area contributed by atoms with Gasteiger partial charge in [0, 0.05) is 36.1 Å². The smallest absolute Gasteiger partial charge is 0.457 e. The Hall–Kier alpha value is -3.75. The molecule has 1 N–H and O–H groups in total. The summed E-state index contributed by atoms with van der Waals surface area (Å²) in [6.07, 6.45) is -12.8. The van der Waals surface area contributed by atoms with E-state index in [4.69, 9.17) is 4.74 Å². The van der Waals surface area contributed by atoms with E-state index < -0.39 is 55.5 Å². The van der Waals surface area contributed by atoms with Crippen molar-refractivity contribution in [2.75, 3.05) is 11.4 Å². The molecule has 0 spiro atoms. The Morgan fingerprint density at radius 2 is 1.51 bits per heavy atom. The molecule has 0 saturated heterocycles. The van der Waals surface area contributed by atoms with Gasteiger partial charge in [0.2, 0.25) is 5.88 Å². The molecule has 0 radical (unpaired) electrons. The van der Waals surface area contributed by atoms with E-state index in [1.54, 1.807) is 0 Å². The number of nitrogens with zero attached hydrogens (tertiary/aromatic N) is 2. The second kappa shape index (κ2) is 11.6. The first-order valence-electron chi connectivity index (χ1n) is 10.8. The number of alkyl halides is 10. The van der Waals surface area contributed by atoms with Crippen LogP contribution in [-0.4, -0.2) is 41.7 Å². The minimum absolute atomic E-state index is 0.0226. The van der Waals surface area contributed by atoms with Crippen molar-refractivity contribution in [3.8, 4) is 17.4 Å². The number of pyridine rings is 1. The molecule has 1 heterocycles. The standard InChI is InChI=1S/C24H18F10N2O3/c25-21(26)39-20-11-18(7-8-35-20)38-17-6-2-5-16(10-17)36(13-19(37)23(29,30)31)12-14-3-1-4-15(9-14)22(27,28)24(32,33)34/h1-11,19,21,37H,12-13H2/t19-/m1/s1. The van der Waals surface area contributed by atoms with E-state index in [-0.39, 0.29) is 22.7 Å². The fraction of sp³-hybridized carbons (Fsp3) is 0.292. The van der Waals surface area contributed by atoms with Crippen LogP contribution in [0.5, 0.6) is 17.4 Å². The van der Waals surface area contributed by atoms with Gasteiger partial charge < -0.3 is 19.5 Å². The molecule has 1 atom stereocenters. The number of hydrogen-bond acceptors (Lipinski definition) is 5. The van der Waals surface area contributed by atoms with Gasteiger partial charge >= 0.3 is 24.9 Å². The molecule has 0 amide bonds. The van der Waals surface area contributed by atoms with Gasteiger partial charge in [-0.2, -0.15) is 43.9 Å². The van der Waals surface area contributed by atoms with Gasteiger partial charge in [-0.05, 0) is 29.8 Å². The lowest BCUT2D eigenvalue weighted by Gasteiger charge is -2.29. The maximum atomic E-state index is 13.8. The van der Waals surface area contributed by atoms with E-state index >= 15 is 0 Å². The molecular formula is C24H18F10N2O3. The number of benzene rings is 2. The van der Waals surface area contributed by atoms with E-state index in [2.05, 4.69) is 9.72 Å². The zero-order valence-electron chi connectivity index (χ0n) is 19.4. The van der Waals surface area contributed by atoms with E-state index in [9.17, 15) is 49.0 Å². The van der Waals surface area contributed by atoms with E-state index in [1.807, 2.05) is 0 Å². The summed E-state index contributed by atoms with van der Waals surface area (Å²) in [5, 5.41) is 9.64. The van der Waals surface area contributed by atoms with Gasteiger partial charge in [0.05, 0.1) is 6.54 Å². The van der Waals surface area contributed by atoms with Gasteiger partial charge in [-0.3, -0.25) is 0 Å². The number of halogens is 10. The second-order valence-corrected chi connectivity index (χ2v) is 8.02. The number of rotatable bonds is 10. The Labute approximate surface area is 214 Å². The van der Waals surface area contributed by atoms with E-state index in [0.717, 1.165) is 29.3 Å². The second-order valence-electron chi connectivity index (χ2n) is 8.02. The van der Waals surface area contributed by atoms with E-state index in [0.29, 0.717) is 12.1 Å². The Morgan fingerprint density at radius 3 is 2.15 bits per heavy atom. The monoisotopic (exact) mass is 572 g/mol. The fourth-order valence-corrected chi connectivity index (χ4v) is 3.31. The molecule has 0 aliphatic rings. The van der Waals surface area contributed by atoms with Gasteiger partial charge in [0.1, 0.15) is 11.5 Å². The lowest BCUT2D eigenvalue weighted by molar-refractivity contribution is -0.289. The van der Waals surface area contributed by atoms with Crippen molar-refractivity contribution >= 4 is 5.69 Å². The fourth-order valence-electron chi connectivity index (χ4n) is 3.31. The predicted octanol–water partition coefficient (Wildman–Crippen LogP) is 7.06. The van der Waals surface area contributed by atoms with Crippen molar-refractivity contribution in [3.05, 3.63) is 78.0 Å². The predicted molar refractivity (Wildman–Crippen MR) is 117 cm³/mol. The summed E-state index contributed by atoms with van der Waals surface area (Å²) in [4.78, 5) is 4.46. The maximum absolute atomic E-state index is 13.8. The Kier molecular flexibility index (Phi) is 8.83. The Morgan fingerprint density at radius 1 is 0.846 bits per heavy atom. The highest BCUT2D eigenvalue weighted by Crippen LogP contribution is 2.44. The number of hydrogen-bond donors (Lipinski definition) is 1. The molecule has 0 aliphatic heterocycles. The summed E-state index contributed by atoms with van der Waals surface area (Å²) in [5.41, 5.74) is -1.66. The summed E-state index contributed by atoms with van der Waals surface area (Å²) in [6, 6.07) is 10.5. The lowest BCUT2D eigenvalue weighted by atomic mass is 10.0. The van der Waals surface area contributed by atoms with Crippen molar-refractivity contribution in [1.29, 1.82) is 0 Å². The van der Waals surface area contributed by atoms with Crippen LogP contribution in [0.1, 0.15) is 11.1 Å². The summed E-state index contributed by atoms with van der Waals surface area (Å²) in [7, 11) is 0. The molecule has 15 heteroatoms. The zero-order valence-corrected chi connectivity index (χ0v) is 19.4. The minimum Gasteiger partial charge on any atom is -0.457 e. The third-order valence-corrected chi connectivity index (χ3v) is 5.12. The molecule has 212 valence electrons. The van der Waals surface area contributed by atoms with Crippen LogP contribution in [0.25, 0.3) is 0 Å². The normalized spacial score (nSPS) is 13.3. The first-order chi connectivity index (χ1) is 18.1. The average molecular weight is 572 g/mol. The lowest BCUT2D eigenvalue weighted by Crippen LogP contribution is -2.41. The van der Waals surface area contributed by atoms with Gasteiger partial charge in [-0.25, -0.2) is 4.98 Å². The number of ether oxygens (including phenoxy) is 2. The largest absolute Gasteiger partial charge is 0.458 e. The van der Waals surface area contributed by atoms with Crippen LogP contribution >= 0.6 is 0 Å². The van der Waals surface area contributed by atoms with Crippen LogP contribution in [0.3, 0.4) is 0 Å². The van der Waals surface area contributed by atoms with Crippen LogP contribution in [-0.2, 0) is 12.5 Å². The van der Waals surface area contributed by atoms with Crippen LogP contribution < -0.4 is 14.4 Å². The van der Waals surface area contributed by atoms with Crippen LogP contribution in [0.15, 0.2) is 66.9 Å². The Bertz CT molecular complexity index is 1250. The van der Waals surface area contributed by atoms with Gasteiger partial charge in [0.15, 0.2) is 6.10 Å². The van der Waals surface area contributed by atoms with Gasteiger partial charge in [-0.15, -0.1) is 0 Å². The van der Waals surface area contributed by atoms with Crippen LogP contribution in [0.2, 0.25) is 0 Å². The highest BCUT2D eigenvalue weighted by molar-refractivity contribution is 5.52. The number of aliphatic hydroxyl groups is 1. The molecule has 3 rings (SSSR count). The summed E-state index contributed by atoms with van der Waals surface area (Å²) >= 11 is 0. The maximum Gasteiger partial charge on any atom is 0.458 e. The van der Waals surface area contributed by atoms with Gasteiger partial charge in [-0.1, -0.05) is 24.3 Å². The molecule has 5 nitrogen and oxygen atoms in total. The number of aromatic nitrogens is 1. The molecule has 0 bridgehead atoms. The SMILES string of the molecule is O[C@H](CN(Cc1cccc(C(F)(F)C(F)(F)F)c1)c1cccc(Oc2ccnc(OC(F)F)c2)c1)C(F)(F)F. The molecule has 2 aromatic carbocycles. The zero-order chi connectivity index (χ0) is 29.0. The van der Waals surface area contributed by atoms with Crippen LogP contribution in [0.4, 0.5) is 49.6 Å². The molecule has 0 aliphatic carbocycles. The van der Waals surface area contributed by atoms with Gasteiger partial charge in [0.25, 0.3) is 0 Å². The van der Waals surface area contributed by atoms with Crippen LogP contribution in [0, 0.1) is 0 Å². The first kappa shape index (κ1) is 29.8. The molecule has 39 heavy (non-hydrogen) atoms. The van der Waals surface area contributed by atoms with Crippen molar-refractivity contribution in [2.45, 2.75) is 37.5 Å². The van der Waals surface area contributed by atoms with Crippen molar-refractivity contribution in [2.24, 2.45) is 0 Å². The molecule has 1 aromatic heterocycles. The third kappa shape index (κ3) is 7.88. The van der Waals surface area contributed by atoms with Crippen molar-refractivity contribution in [3.63, 3.8) is 0 Å². The topological polar surface area (TPSA) is 54.8 Å². The summed E-state index contributed by atoms with van der Waals surface area (Å²) < 4.78 is 140. The Balaban J connectivity index is 1.92. The summed E-state index contributed by atoms with van der Waals surface area (Å²) in [5.74, 6) is -5.76. The molecule has 0 unspecified atom stereocenters. The third-order valence-electron chi connectivity index (χ3n) is 5.12. The minimum atomic E-state index is -5.91. The average Bonchev–Trinajstić information content (AvgIpc) is 2.82.